The minimum atomic E-state index is 0.663. The Bertz CT molecular complexity index is 804. The van der Waals surface area contributed by atoms with E-state index in [0.29, 0.717) is 5.02 Å². The Balaban J connectivity index is 1.69. The fourth-order valence-electron chi connectivity index (χ4n) is 2.89. The van der Waals surface area contributed by atoms with E-state index < -0.39 is 0 Å². The topological polar surface area (TPSA) is 36.9 Å². The molecule has 1 fully saturated rings. The third-order valence-corrected chi connectivity index (χ3v) is 5.63. The Hall–Kier alpha value is -1.56. The van der Waals surface area contributed by atoms with Crippen molar-refractivity contribution in [2.45, 2.75) is 33.1 Å². The number of hydrazine groups is 1. The number of nitrogens with one attached hydrogen (secondary N) is 1. The molecule has 26 heavy (non-hydrogen) atoms. The summed E-state index contributed by atoms with van der Waals surface area (Å²) in [4.78, 5) is 4.58. The van der Waals surface area contributed by atoms with Crippen molar-refractivity contribution in [3.63, 3.8) is 0 Å². The van der Waals surface area contributed by atoms with E-state index in [4.69, 9.17) is 16.3 Å². The van der Waals surface area contributed by atoms with Crippen LogP contribution in [-0.4, -0.2) is 24.4 Å². The van der Waals surface area contributed by atoms with E-state index in [-0.39, 0.29) is 0 Å². The van der Waals surface area contributed by atoms with Crippen LogP contribution < -0.4 is 10.2 Å². The quantitative estimate of drug-likeness (QED) is 0.450. The van der Waals surface area contributed by atoms with Crippen LogP contribution in [0.5, 0.6) is 11.5 Å². The average molecular weight is 437 g/mol. The lowest BCUT2D eigenvalue weighted by Crippen LogP contribution is -2.40. The number of piperidine rings is 1. The normalized spacial score (nSPS) is 15.4. The number of hydrogen-bond donors (Lipinski definition) is 1. The first kappa shape index (κ1) is 19.2. The summed E-state index contributed by atoms with van der Waals surface area (Å²) >= 11 is 9.46. The summed E-state index contributed by atoms with van der Waals surface area (Å²) in [6.45, 7) is 6.22. The molecule has 1 heterocycles. The first-order valence-electron chi connectivity index (χ1n) is 8.81. The Morgan fingerprint density at radius 1 is 1.12 bits per heavy atom. The number of ether oxygens (including phenoxy) is 1. The standard InChI is InChI=1S/C20H23BrClN3O/c1-14-11-20(26-16-6-7-18(22)17(21)12-16)15(2)10-19(14)23-13-24-25-8-4-3-5-9-25/h6-7,10-13H,3-5,8-9H2,1-2H3,(H,23,24). The number of rotatable bonds is 5. The van der Waals surface area contributed by atoms with Crippen molar-refractivity contribution in [2.75, 3.05) is 13.1 Å². The summed E-state index contributed by atoms with van der Waals surface area (Å²) in [5.41, 5.74) is 6.32. The van der Waals surface area contributed by atoms with Gasteiger partial charge >= 0.3 is 0 Å². The summed E-state index contributed by atoms with van der Waals surface area (Å²) in [7, 11) is 0. The Morgan fingerprint density at radius 2 is 1.88 bits per heavy atom. The average Bonchev–Trinajstić information content (AvgIpc) is 2.63. The molecule has 0 amide bonds. The molecule has 0 aliphatic carbocycles. The second-order valence-corrected chi connectivity index (χ2v) is 7.78. The van der Waals surface area contributed by atoms with Gasteiger partial charge in [0.2, 0.25) is 0 Å². The summed E-state index contributed by atoms with van der Waals surface area (Å²) in [6, 6.07) is 9.60. The van der Waals surface area contributed by atoms with Crippen molar-refractivity contribution in [3.8, 4) is 11.5 Å². The van der Waals surface area contributed by atoms with Crippen molar-refractivity contribution in [1.82, 2.24) is 10.4 Å². The smallest absolute Gasteiger partial charge is 0.130 e. The highest BCUT2D eigenvalue weighted by atomic mass is 79.9. The van der Waals surface area contributed by atoms with E-state index in [0.717, 1.165) is 45.9 Å². The molecule has 1 aliphatic rings. The molecule has 0 atom stereocenters. The first-order chi connectivity index (χ1) is 12.5. The van der Waals surface area contributed by atoms with Gasteiger partial charge in [-0.3, -0.25) is 0 Å². The summed E-state index contributed by atoms with van der Waals surface area (Å²) < 4.78 is 6.83. The number of benzene rings is 2. The van der Waals surface area contributed by atoms with Crippen LogP contribution in [0.3, 0.4) is 0 Å². The van der Waals surface area contributed by atoms with Crippen molar-refractivity contribution in [3.05, 3.63) is 51.0 Å². The molecule has 4 nitrogen and oxygen atoms in total. The largest absolute Gasteiger partial charge is 0.457 e. The number of nitrogens with zero attached hydrogens (tertiary/aromatic N) is 2. The molecule has 0 radical (unpaired) electrons. The van der Waals surface area contributed by atoms with Crippen LogP contribution in [0, 0.1) is 13.8 Å². The number of aryl methyl sites for hydroxylation is 2. The maximum Gasteiger partial charge on any atom is 0.130 e. The molecule has 2 aromatic carbocycles. The monoisotopic (exact) mass is 435 g/mol. The molecule has 2 aromatic rings. The van der Waals surface area contributed by atoms with E-state index in [1.807, 2.05) is 44.2 Å². The Kier molecular flexibility index (Phi) is 6.57. The zero-order chi connectivity index (χ0) is 18.5. The van der Waals surface area contributed by atoms with E-state index in [1.165, 1.54) is 19.3 Å². The van der Waals surface area contributed by atoms with Crippen LogP contribution in [0.15, 0.2) is 39.8 Å². The number of halogens is 2. The maximum atomic E-state index is 6.04. The van der Waals surface area contributed by atoms with Gasteiger partial charge < -0.3 is 10.2 Å². The molecule has 1 saturated heterocycles. The number of aliphatic imine (C=N–C) groups is 1. The maximum absolute atomic E-state index is 6.04. The molecule has 1 N–H and O–H groups in total. The van der Waals surface area contributed by atoms with Crippen molar-refractivity contribution < 1.29 is 4.74 Å². The SMILES string of the molecule is Cc1cc(Oc2ccc(Cl)c(Br)c2)c(C)cc1/N=C/NN1CCCCC1. The molecule has 0 spiro atoms. The fraction of sp³-hybridized carbons (Fsp3) is 0.350. The Labute approximate surface area is 168 Å². The van der Waals surface area contributed by atoms with Crippen LogP contribution in [0.25, 0.3) is 0 Å². The predicted octanol–water partition coefficient (Wildman–Crippen LogP) is 6.16. The molecule has 138 valence electrons. The third kappa shape index (κ3) is 5.00. The number of hydrogen-bond acceptors (Lipinski definition) is 3. The predicted molar refractivity (Wildman–Crippen MR) is 112 cm³/mol. The van der Waals surface area contributed by atoms with Gasteiger partial charge in [-0.15, -0.1) is 0 Å². The highest BCUT2D eigenvalue weighted by Gasteiger charge is 2.09. The lowest BCUT2D eigenvalue weighted by molar-refractivity contribution is 0.197. The van der Waals surface area contributed by atoms with E-state index in [1.54, 1.807) is 6.34 Å². The summed E-state index contributed by atoms with van der Waals surface area (Å²) in [5.74, 6) is 1.56. The van der Waals surface area contributed by atoms with Crippen LogP contribution in [0.2, 0.25) is 5.02 Å². The van der Waals surface area contributed by atoms with Gasteiger partial charge in [-0.25, -0.2) is 10.0 Å². The van der Waals surface area contributed by atoms with Gasteiger partial charge in [-0.1, -0.05) is 18.0 Å². The van der Waals surface area contributed by atoms with Gasteiger partial charge in [0.25, 0.3) is 0 Å². The van der Waals surface area contributed by atoms with E-state index in [9.17, 15) is 0 Å². The van der Waals surface area contributed by atoms with Gasteiger partial charge in [-0.2, -0.15) is 0 Å². The fourth-order valence-corrected chi connectivity index (χ4v) is 3.37. The van der Waals surface area contributed by atoms with Gasteiger partial charge in [0.15, 0.2) is 0 Å². The molecule has 0 bridgehead atoms. The molecule has 3 rings (SSSR count). The minimum Gasteiger partial charge on any atom is -0.457 e. The molecule has 6 heteroatoms. The van der Waals surface area contributed by atoms with Crippen LogP contribution in [0.1, 0.15) is 30.4 Å². The second-order valence-electron chi connectivity index (χ2n) is 6.52. The second kappa shape index (κ2) is 8.89. The van der Waals surface area contributed by atoms with Crippen LogP contribution in [0.4, 0.5) is 5.69 Å². The molecule has 1 aliphatic heterocycles. The van der Waals surface area contributed by atoms with Gasteiger partial charge in [0.1, 0.15) is 17.8 Å². The van der Waals surface area contributed by atoms with Crippen molar-refractivity contribution >= 4 is 39.6 Å². The molecular weight excluding hydrogens is 414 g/mol. The zero-order valence-corrected chi connectivity index (χ0v) is 17.4. The molecule has 0 unspecified atom stereocenters. The lowest BCUT2D eigenvalue weighted by Gasteiger charge is -2.25. The van der Waals surface area contributed by atoms with Crippen molar-refractivity contribution in [1.29, 1.82) is 0 Å². The van der Waals surface area contributed by atoms with Crippen LogP contribution >= 0.6 is 27.5 Å². The van der Waals surface area contributed by atoms with Gasteiger partial charge in [0, 0.05) is 17.6 Å². The van der Waals surface area contributed by atoms with E-state index >= 15 is 0 Å². The first-order valence-corrected chi connectivity index (χ1v) is 9.98. The third-order valence-electron chi connectivity index (χ3n) is 4.41. The lowest BCUT2D eigenvalue weighted by atomic mass is 10.1. The molecule has 0 aromatic heterocycles. The van der Waals surface area contributed by atoms with Crippen molar-refractivity contribution in [2.24, 2.45) is 4.99 Å². The Morgan fingerprint density at radius 3 is 2.62 bits per heavy atom. The van der Waals surface area contributed by atoms with Gasteiger partial charge in [0.05, 0.1) is 10.7 Å². The van der Waals surface area contributed by atoms with Gasteiger partial charge in [-0.05, 0) is 84.1 Å². The molecular formula is C20H23BrClN3O. The van der Waals surface area contributed by atoms with E-state index in [2.05, 4.69) is 31.4 Å². The minimum absolute atomic E-state index is 0.663. The highest BCUT2D eigenvalue weighted by molar-refractivity contribution is 9.10. The molecule has 0 saturated carbocycles. The highest BCUT2D eigenvalue weighted by Crippen LogP contribution is 2.34. The zero-order valence-electron chi connectivity index (χ0n) is 15.1. The summed E-state index contributed by atoms with van der Waals surface area (Å²) in [6.07, 6.45) is 5.58. The summed E-state index contributed by atoms with van der Waals surface area (Å²) in [5, 5.41) is 2.88. The van der Waals surface area contributed by atoms with Crippen LogP contribution in [-0.2, 0) is 0 Å².